The van der Waals surface area contributed by atoms with Gasteiger partial charge >= 0.3 is 0 Å². The second kappa shape index (κ2) is 7.91. The summed E-state index contributed by atoms with van der Waals surface area (Å²) in [5, 5.41) is 0.528. The van der Waals surface area contributed by atoms with Crippen LogP contribution in [0.5, 0.6) is 11.5 Å². The van der Waals surface area contributed by atoms with Gasteiger partial charge in [-0.3, -0.25) is 9.59 Å². The summed E-state index contributed by atoms with van der Waals surface area (Å²) in [6.07, 6.45) is 4.96. The molecular formula is C23H22ClNO4. The van der Waals surface area contributed by atoms with Gasteiger partial charge < -0.3 is 14.4 Å². The third-order valence-corrected chi connectivity index (χ3v) is 5.81. The van der Waals surface area contributed by atoms with E-state index in [1.165, 1.54) is 0 Å². The first kappa shape index (κ1) is 19.5. The molecule has 0 aromatic heterocycles. The molecular weight excluding hydrogens is 390 g/mol. The van der Waals surface area contributed by atoms with Crippen molar-refractivity contribution in [1.82, 2.24) is 4.90 Å². The number of nitrogens with zero attached hydrogens (tertiary/aromatic N) is 1. The van der Waals surface area contributed by atoms with Gasteiger partial charge in [0, 0.05) is 37.0 Å². The molecule has 29 heavy (non-hydrogen) atoms. The maximum absolute atomic E-state index is 12.6. The van der Waals surface area contributed by atoms with Gasteiger partial charge in [-0.2, -0.15) is 0 Å². The number of ketones is 1. The lowest BCUT2D eigenvalue weighted by Crippen LogP contribution is -2.52. The molecule has 1 amide bonds. The fourth-order valence-corrected chi connectivity index (χ4v) is 4.04. The van der Waals surface area contributed by atoms with Gasteiger partial charge in [-0.05, 0) is 42.0 Å². The van der Waals surface area contributed by atoms with Gasteiger partial charge in [0.1, 0.15) is 17.1 Å². The Labute approximate surface area is 174 Å². The van der Waals surface area contributed by atoms with E-state index in [1.54, 1.807) is 42.4 Å². The van der Waals surface area contributed by atoms with Crippen LogP contribution < -0.4 is 9.47 Å². The number of piperidine rings is 1. The number of hydrogen-bond acceptors (Lipinski definition) is 4. The zero-order valence-corrected chi connectivity index (χ0v) is 16.9. The number of carbonyl (C=O) groups is 2. The maximum Gasteiger partial charge on any atom is 0.246 e. The summed E-state index contributed by atoms with van der Waals surface area (Å²) >= 11 is 6.00. The van der Waals surface area contributed by atoms with Gasteiger partial charge in [0.25, 0.3) is 0 Å². The molecule has 2 aromatic carbocycles. The first-order valence-corrected chi connectivity index (χ1v) is 9.99. The Morgan fingerprint density at radius 3 is 2.59 bits per heavy atom. The van der Waals surface area contributed by atoms with E-state index in [-0.39, 0.29) is 11.7 Å². The molecule has 0 atom stereocenters. The molecule has 150 valence electrons. The molecule has 2 aromatic rings. The van der Waals surface area contributed by atoms with Gasteiger partial charge in [0.2, 0.25) is 5.91 Å². The summed E-state index contributed by atoms with van der Waals surface area (Å²) < 4.78 is 11.4. The number of hydrogen-bond donors (Lipinski definition) is 0. The molecule has 0 radical (unpaired) electrons. The molecule has 2 aliphatic heterocycles. The van der Waals surface area contributed by atoms with E-state index in [9.17, 15) is 9.59 Å². The highest BCUT2D eigenvalue weighted by atomic mass is 35.5. The monoisotopic (exact) mass is 411 g/mol. The summed E-state index contributed by atoms with van der Waals surface area (Å²) in [6.45, 7) is 1.12. The summed E-state index contributed by atoms with van der Waals surface area (Å²) in [5.74, 6) is 1.38. The predicted octanol–water partition coefficient (Wildman–Crippen LogP) is 4.39. The minimum Gasteiger partial charge on any atom is -0.497 e. The molecule has 0 unspecified atom stereocenters. The van der Waals surface area contributed by atoms with E-state index in [4.69, 9.17) is 21.1 Å². The number of fused-ring (bicyclic) bond motifs is 1. The number of ether oxygens (including phenoxy) is 2. The van der Waals surface area contributed by atoms with E-state index < -0.39 is 5.60 Å². The Hall–Kier alpha value is -2.79. The zero-order valence-electron chi connectivity index (χ0n) is 16.2. The molecule has 1 spiro atoms. The number of methoxy groups -OCH3 is 1. The Kier molecular flexibility index (Phi) is 5.33. The Morgan fingerprint density at radius 2 is 1.90 bits per heavy atom. The topological polar surface area (TPSA) is 55.8 Å². The fourth-order valence-electron chi connectivity index (χ4n) is 3.87. The number of benzene rings is 2. The zero-order chi connectivity index (χ0) is 20.4. The summed E-state index contributed by atoms with van der Waals surface area (Å²) in [4.78, 5) is 27.0. The lowest BCUT2D eigenvalue weighted by Gasteiger charge is -2.43. The van der Waals surface area contributed by atoms with Crippen LogP contribution in [0.15, 0.2) is 48.5 Å². The van der Waals surface area contributed by atoms with Gasteiger partial charge in [-0.1, -0.05) is 23.7 Å². The third-order valence-electron chi connectivity index (χ3n) is 5.57. The summed E-state index contributed by atoms with van der Waals surface area (Å²) in [5.41, 5.74) is 0.946. The first-order chi connectivity index (χ1) is 14.0. The number of amides is 1. The standard InChI is InChI=1S/C23H22ClNO4/c1-28-18-6-2-16(3-7-18)4-9-22(27)25-12-10-23(11-13-25)15-20(26)19-14-17(24)5-8-21(19)29-23/h2-9,14H,10-13,15H2,1H3/b9-4+. The second-order valence-electron chi connectivity index (χ2n) is 7.46. The van der Waals surface area contributed by atoms with Gasteiger partial charge in [0.05, 0.1) is 19.1 Å². The quantitative estimate of drug-likeness (QED) is 0.703. The normalized spacial score (nSPS) is 17.9. The van der Waals surface area contributed by atoms with Crippen LogP contribution in [0.1, 0.15) is 35.2 Å². The maximum atomic E-state index is 12.6. The largest absolute Gasteiger partial charge is 0.497 e. The van der Waals surface area contributed by atoms with Crippen molar-refractivity contribution >= 4 is 29.4 Å². The summed E-state index contributed by atoms with van der Waals surface area (Å²) in [6, 6.07) is 12.7. The second-order valence-corrected chi connectivity index (χ2v) is 7.89. The minimum atomic E-state index is -0.533. The minimum absolute atomic E-state index is 0.0371. The SMILES string of the molecule is COc1ccc(/C=C/C(=O)N2CCC3(CC2)CC(=O)c2cc(Cl)ccc2O3)cc1. The molecule has 5 nitrogen and oxygen atoms in total. The number of carbonyl (C=O) groups excluding carboxylic acids is 2. The highest BCUT2D eigenvalue weighted by molar-refractivity contribution is 6.31. The molecule has 0 N–H and O–H groups in total. The van der Waals surface area contributed by atoms with E-state index in [0.717, 1.165) is 11.3 Å². The molecule has 0 saturated carbocycles. The van der Waals surface area contributed by atoms with Crippen molar-refractivity contribution < 1.29 is 19.1 Å². The average Bonchev–Trinajstić information content (AvgIpc) is 2.73. The van der Waals surface area contributed by atoms with Gasteiger partial charge in [-0.25, -0.2) is 0 Å². The van der Waals surface area contributed by atoms with Crippen LogP contribution in [0.2, 0.25) is 5.02 Å². The van der Waals surface area contributed by atoms with Crippen LogP contribution in [-0.2, 0) is 4.79 Å². The lowest BCUT2D eigenvalue weighted by molar-refractivity contribution is -0.129. The van der Waals surface area contributed by atoms with Crippen molar-refractivity contribution in [1.29, 1.82) is 0 Å². The Bertz CT molecular complexity index is 959. The van der Waals surface area contributed by atoms with E-state index >= 15 is 0 Å². The predicted molar refractivity (Wildman–Crippen MR) is 112 cm³/mol. The number of likely N-dealkylation sites (tertiary alicyclic amines) is 1. The number of Topliss-reactive ketones (excluding diaryl/α,β-unsaturated/α-hetero) is 1. The molecule has 1 saturated heterocycles. The molecule has 0 bridgehead atoms. The average molecular weight is 412 g/mol. The number of rotatable bonds is 3. The first-order valence-electron chi connectivity index (χ1n) is 9.61. The smallest absolute Gasteiger partial charge is 0.246 e. The molecule has 2 aliphatic rings. The highest BCUT2D eigenvalue weighted by Crippen LogP contribution is 2.40. The van der Waals surface area contributed by atoms with Crippen LogP contribution in [0.4, 0.5) is 0 Å². The van der Waals surface area contributed by atoms with Crippen LogP contribution in [0, 0.1) is 0 Å². The van der Waals surface area contributed by atoms with Crippen LogP contribution in [0.3, 0.4) is 0 Å². The molecule has 1 fully saturated rings. The highest BCUT2D eigenvalue weighted by Gasteiger charge is 2.43. The van der Waals surface area contributed by atoms with Crippen molar-refractivity contribution in [2.45, 2.75) is 24.9 Å². The van der Waals surface area contributed by atoms with Crippen molar-refractivity contribution in [3.05, 3.63) is 64.7 Å². The molecule has 2 heterocycles. The Morgan fingerprint density at radius 1 is 1.17 bits per heavy atom. The van der Waals surface area contributed by atoms with Gasteiger partial charge in [0.15, 0.2) is 5.78 Å². The van der Waals surface area contributed by atoms with E-state index in [1.807, 2.05) is 24.3 Å². The molecule has 4 rings (SSSR count). The van der Waals surface area contributed by atoms with Crippen LogP contribution in [-0.4, -0.2) is 42.4 Å². The van der Waals surface area contributed by atoms with Crippen molar-refractivity contribution in [2.24, 2.45) is 0 Å². The van der Waals surface area contributed by atoms with Gasteiger partial charge in [-0.15, -0.1) is 0 Å². The van der Waals surface area contributed by atoms with Crippen LogP contribution in [0.25, 0.3) is 6.08 Å². The van der Waals surface area contributed by atoms with Crippen molar-refractivity contribution in [3.63, 3.8) is 0 Å². The van der Waals surface area contributed by atoms with E-state index in [2.05, 4.69) is 0 Å². The fraction of sp³-hybridized carbons (Fsp3) is 0.304. The lowest BCUT2D eigenvalue weighted by atomic mass is 9.82. The Balaban J connectivity index is 1.38. The third kappa shape index (κ3) is 4.15. The molecule has 6 heteroatoms. The van der Waals surface area contributed by atoms with Crippen molar-refractivity contribution in [2.75, 3.05) is 20.2 Å². The molecule has 0 aliphatic carbocycles. The van der Waals surface area contributed by atoms with Crippen molar-refractivity contribution in [3.8, 4) is 11.5 Å². The van der Waals surface area contributed by atoms with Crippen LogP contribution >= 0.6 is 11.6 Å². The van der Waals surface area contributed by atoms with E-state index in [0.29, 0.717) is 48.7 Å². The summed E-state index contributed by atoms with van der Waals surface area (Å²) in [7, 11) is 1.62. The number of halogens is 1.